The molecule has 0 spiro atoms. The van der Waals surface area contributed by atoms with Gasteiger partial charge in [-0.2, -0.15) is 0 Å². The number of carbonyl (C=O) groups excluding carboxylic acids is 1. The molecule has 1 aliphatic rings. The zero-order valence-electron chi connectivity index (χ0n) is 11.3. The van der Waals surface area contributed by atoms with E-state index in [2.05, 4.69) is 32.9 Å². The van der Waals surface area contributed by atoms with E-state index in [9.17, 15) is 9.90 Å². The van der Waals surface area contributed by atoms with Gasteiger partial charge in [0.15, 0.2) is 0 Å². The number of carbonyl (C=O) groups is 1. The fourth-order valence-corrected chi connectivity index (χ4v) is 2.25. The number of hydrogen-bond donors (Lipinski definition) is 1. The van der Waals surface area contributed by atoms with Crippen molar-refractivity contribution in [3.8, 4) is 0 Å². The molecule has 0 aliphatic carbocycles. The van der Waals surface area contributed by atoms with Gasteiger partial charge in [-0.3, -0.25) is 4.79 Å². The molecule has 1 aromatic rings. The molecule has 0 saturated carbocycles. The number of amides is 1. The van der Waals surface area contributed by atoms with E-state index in [0.717, 1.165) is 12.1 Å². The van der Waals surface area contributed by atoms with E-state index in [1.807, 2.05) is 12.1 Å². The molecular formula is C15H21NO2. The van der Waals surface area contributed by atoms with Crippen molar-refractivity contribution in [3.05, 3.63) is 29.8 Å². The maximum atomic E-state index is 11.9. The van der Waals surface area contributed by atoms with Gasteiger partial charge < -0.3 is 10.0 Å². The van der Waals surface area contributed by atoms with Gasteiger partial charge in [0.2, 0.25) is 0 Å². The first kappa shape index (κ1) is 13.1. The van der Waals surface area contributed by atoms with Crippen LogP contribution in [0.4, 0.5) is 5.69 Å². The molecule has 1 aromatic carbocycles. The molecule has 1 unspecified atom stereocenters. The number of hydrogen-bond acceptors (Lipinski definition) is 2. The van der Waals surface area contributed by atoms with Crippen molar-refractivity contribution < 1.29 is 9.90 Å². The number of aliphatic hydroxyl groups excluding tert-OH is 1. The lowest BCUT2D eigenvalue weighted by atomic mass is 9.87. The third kappa shape index (κ3) is 2.56. The molecule has 98 valence electrons. The van der Waals surface area contributed by atoms with Crippen LogP contribution in [0.1, 0.15) is 39.2 Å². The van der Waals surface area contributed by atoms with Crippen LogP contribution in [0.25, 0.3) is 0 Å². The largest absolute Gasteiger partial charge is 0.383 e. The third-order valence-corrected chi connectivity index (χ3v) is 3.46. The van der Waals surface area contributed by atoms with Crippen LogP contribution in [0.15, 0.2) is 24.3 Å². The lowest BCUT2D eigenvalue weighted by molar-refractivity contribution is -0.128. The van der Waals surface area contributed by atoms with Crippen LogP contribution >= 0.6 is 0 Å². The van der Waals surface area contributed by atoms with Gasteiger partial charge in [0.1, 0.15) is 6.10 Å². The Hall–Kier alpha value is -1.35. The van der Waals surface area contributed by atoms with Crippen LogP contribution in [-0.4, -0.2) is 23.7 Å². The van der Waals surface area contributed by atoms with Crippen LogP contribution in [0.5, 0.6) is 0 Å². The minimum atomic E-state index is -0.832. The summed E-state index contributed by atoms with van der Waals surface area (Å²) in [5.41, 5.74) is 2.24. The molecular weight excluding hydrogens is 226 g/mol. The summed E-state index contributed by atoms with van der Waals surface area (Å²) in [5.74, 6) is -0.176. The van der Waals surface area contributed by atoms with E-state index >= 15 is 0 Å². The lowest BCUT2D eigenvalue weighted by Gasteiger charge is -2.30. The molecule has 1 atom stereocenters. The SMILES string of the molecule is CC(C)(C)c1ccc(N2CCCC(O)C2=O)cc1. The number of nitrogens with zero attached hydrogens (tertiary/aromatic N) is 1. The normalized spacial score (nSPS) is 21.2. The quantitative estimate of drug-likeness (QED) is 0.828. The van der Waals surface area contributed by atoms with Gasteiger partial charge in [-0.05, 0) is 36.0 Å². The first-order chi connectivity index (χ1) is 8.39. The fourth-order valence-electron chi connectivity index (χ4n) is 2.25. The predicted molar refractivity (Wildman–Crippen MR) is 72.7 cm³/mol. The highest BCUT2D eigenvalue weighted by molar-refractivity contribution is 5.97. The Bertz CT molecular complexity index is 431. The summed E-state index contributed by atoms with van der Waals surface area (Å²) in [7, 11) is 0. The van der Waals surface area contributed by atoms with Crippen molar-refractivity contribution in [2.45, 2.75) is 45.1 Å². The van der Waals surface area contributed by atoms with Crippen LogP contribution in [0, 0.1) is 0 Å². The second-order valence-electron chi connectivity index (χ2n) is 5.94. The highest BCUT2D eigenvalue weighted by atomic mass is 16.3. The maximum Gasteiger partial charge on any atom is 0.255 e. The molecule has 3 nitrogen and oxygen atoms in total. The molecule has 1 amide bonds. The molecule has 1 saturated heterocycles. The highest BCUT2D eigenvalue weighted by Crippen LogP contribution is 2.26. The molecule has 1 heterocycles. The van der Waals surface area contributed by atoms with Gasteiger partial charge in [-0.25, -0.2) is 0 Å². The van der Waals surface area contributed by atoms with E-state index in [-0.39, 0.29) is 11.3 Å². The summed E-state index contributed by atoms with van der Waals surface area (Å²) in [4.78, 5) is 13.6. The van der Waals surface area contributed by atoms with Gasteiger partial charge in [0.05, 0.1) is 0 Å². The van der Waals surface area contributed by atoms with Gasteiger partial charge >= 0.3 is 0 Å². The summed E-state index contributed by atoms with van der Waals surface area (Å²) in [6, 6.07) is 8.06. The van der Waals surface area contributed by atoms with Gasteiger partial charge in [-0.15, -0.1) is 0 Å². The molecule has 3 heteroatoms. The van der Waals surface area contributed by atoms with Crippen molar-refractivity contribution in [2.24, 2.45) is 0 Å². The fraction of sp³-hybridized carbons (Fsp3) is 0.533. The Morgan fingerprint density at radius 1 is 1.22 bits per heavy atom. The summed E-state index contributed by atoms with van der Waals surface area (Å²) in [5, 5.41) is 9.60. The Labute approximate surface area is 108 Å². The van der Waals surface area contributed by atoms with Crippen LogP contribution < -0.4 is 4.90 Å². The number of aliphatic hydroxyl groups is 1. The minimum Gasteiger partial charge on any atom is -0.383 e. The van der Waals surface area contributed by atoms with E-state index in [1.54, 1.807) is 4.90 Å². The average Bonchev–Trinajstić information content (AvgIpc) is 2.32. The zero-order valence-corrected chi connectivity index (χ0v) is 11.3. The summed E-state index contributed by atoms with van der Waals surface area (Å²) < 4.78 is 0. The molecule has 2 rings (SSSR count). The van der Waals surface area contributed by atoms with Crippen LogP contribution in [-0.2, 0) is 10.2 Å². The van der Waals surface area contributed by atoms with Crippen molar-refractivity contribution in [2.75, 3.05) is 11.4 Å². The van der Waals surface area contributed by atoms with E-state index in [1.165, 1.54) is 5.56 Å². The average molecular weight is 247 g/mol. The van der Waals surface area contributed by atoms with Crippen molar-refractivity contribution in [1.82, 2.24) is 0 Å². The first-order valence-corrected chi connectivity index (χ1v) is 6.49. The Kier molecular flexibility index (Phi) is 3.44. The lowest BCUT2D eigenvalue weighted by Crippen LogP contribution is -2.44. The Morgan fingerprint density at radius 3 is 2.39 bits per heavy atom. The number of benzene rings is 1. The summed E-state index contributed by atoms with van der Waals surface area (Å²) >= 11 is 0. The van der Waals surface area contributed by atoms with Crippen LogP contribution in [0.3, 0.4) is 0 Å². The summed E-state index contributed by atoms with van der Waals surface area (Å²) in [6.45, 7) is 7.19. The van der Waals surface area contributed by atoms with E-state index < -0.39 is 6.10 Å². The molecule has 1 fully saturated rings. The predicted octanol–water partition coefficient (Wildman–Crippen LogP) is 2.47. The van der Waals surface area contributed by atoms with Gasteiger partial charge in [0, 0.05) is 12.2 Å². The zero-order chi connectivity index (χ0) is 13.3. The second kappa shape index (κ2) is 4.73. The first-order valence-electron chi connectivity index (χ1n) is 6.49. The number of piperidine rings is 1. The molecule has 1 aliphatic heterocycles. The maximum absolute atomic E-state index is 11.9. The topological polar surface area (TPSA) is 40.5 Å². The second-order valence-corrected chi connectivity index (χ2v) is 5.94. The third-order valence-electron chi connectivity index (χ3n) is 3.46. The van der Waals surface area contributed by atoms with Crippen molar-refractivity contribution >= 4 is 11.6 Å². The van der Waals surface area contributed by atoms with Gasteiger partial charge in [0.25, 0.3) is 5.91 Å². The van der Waals surface area contributed by atoms with Crippen LogP contribution in [0.2, 0.25) is 0 Å². The summed E-state index contributed by atoms with van der Waals surface area (Å²) in [6.07, 6.45) is 0.601. The Morgan fingerprint density at radius 2 is 1.83 bits per heavy atom. The Balaban J connectivity index is 2.22. The molecule has 0 radical (unpaired) electrons. The molecule has 18 heavy (non-hydrogen) atoms. The molecule has 0 aromatic heterocycles. The number of rotatable bonds is 1. The number of anilines is 1. The van der Waals surface area contributed by atoms with Crippen molar-refractivity contribution in [3.63, 3.8) is 0 Å². The van der Waals surface area contributed by atoms with E-state index in [4.69, 9.17) is 0 Å². The van der Waals surface area contributed by atoms with E-state index in [0.29, 0.717) is 13.0 Å². The molecule has 0 bridgehead atoms. The van der Waals surface area contributed by atoms with Crippen molar-refractivity contribution in [1.29, 1.82) is 0 Å². The minimum absolute atomic E-state index is 0.115. The van der Waals surface area contributed by atoms with Gasteiger partial charge in [-0.1, -0.05) is 32.9 Å². The highest BCUT2D eigenvalue weighted by Gasteiger charge is 2.27. The smallest absolute Gasteiger partial charge is 0.255 e. The standard InChI is InChI=1S/C15H21NO2/c1-15(2,3)11-6-8-12(9-7-11)16-10-4-5-13(17)14(16)18/h6-9,13,17H,4-5,10H2,1-3H3. The monoisotopic (exact) mass is 247 g/mol. The molecule has 1 N–H and O–H groups in total.